The summed E-state index contributed by atoms with van der Waals surface area (Å²) in [5.74, 6) is -0.794. The molecule has 4 heteroatoms. The summed E-state index contributed by atoms with van der Waals surface area (Å²) in [6.07, 6.45) is 2.03. The summed E-state index contributed by atoms with van der Waals surface area (Å²) < 4.78 is 0. The van der Waals surface area contributed by atoms with Gasteiger partial charge in [-0.15, -0.1) is 0 Å². The zero-order chi connectivity index (χ0) is 14.0. The molecule has 1 aliphatic rings. The molecule has 100 valence electrons. The molecule has 1 unspecified atom stereocenters. The molecule has 1 atom stereocenters. The molecule has 1 fully saturated rings. The van der Waals surface area contributed by atoms with Crippen molar-refractivity contribution in [3.63, 3.8) is 0 Å². The Labute approximate surface area is 113 Å². The standard InChI is InChI=1S/C15H18N2O2/c1-3-15(14(18)19)7-4-8-17(15)13-9-11(2)5-6-12(13)10-16/h5-6,9H,3-4,7-8H2,1-2H3,(H,18,19). The van der Waals surface area contributed by atoms with Gasteiger partial charge in [-0.3, -0.25) is 0 Å². The average Bonchev–Trinajstić information content (AvgIpc) is 2.83. The van der Waals surface area contributed by atoms with Crippen LogP contribution in [0, 0.1) is 18.3 Å². The van der Waals surface area contributed by atoms with Gasteiger partial charge >= 0.3 is 5.97 Å². The second-order valence-corrected chi connectivity index (χ2v) is 5.08. The van der Waals surface area contributed by atoms with Crippen LogP contribution in [0.2, 0.25) is 0 Å². The first kappa shape index (κ1) is 13.4. The summed E-state index contributed by atoms with van der Waals surface area (Å²) in [6.45, 7) is 4.54. The first-order chi connectivity index (χ1) is 9.05. The molecule has 1 aromatic carbocycles. The monoisotopic (exact) mass is 258 g/mol. The second-order valence-electron chi connectivity index (χ2n) is 5.08. The van der Waals surface area contributed by atoms with E-state index in [1.165, 1.54) is 0 Å². The lowest BCUT2D eigenvalue weighted by molar-refractivity contribution is -0.143. The van der Waals surface area contributed by atoms with Crippen LogP contribution < -0.4 is 4.90 Å². The minimum atomic E-state index is -0.862. The fraction of sp³-hybridized carbons (Fsp3) is 0.467. The molecule has 4 nitrogen and oxygen atoms in total. The van der Waals surface area contributed by atoms with E-state index in [1.807, 2.05) is 30.9 Å². The van der Waals surface area contributed by atoms with Gasteiger partial charge < -0.3 is 10.0 Å². The predicted octanol–water partition coefficient (Wildman–Crippen LogP) is 2.70. The summed E-state index contributed by atoms with van der Waals surface area (Å²) in [5, 5.41) is 18.8. The van der Waals surface area contributed by atoms with Crippen molar-refractivity contribution in [1.82, 2.24) is 0 Å². The lowest BCUT2D eigenvalue weighted by atomic mass is 9.92. The van der Waals surface area contributed by atoms with Crippen LogP contribution in [0.15, 0.2) is 18.2 Å². The number of aryl methyl sites for hydroxylation is 1. The number of carboxylic acid groups (broad SMARTS) is 1. The van der Waals surface area contributed by atoms with Gasteiger partial charge in [-0.1, -0.05) is 13.0 Å². The molecular formula is C15H18N2O2. The van der Waals surface area contributed by atoms with Crippen molar-refractivity contribution >= 4 is 11.7 Å². The Morgan fingerprint density at radius 1 is 1.58 bits per heavy atom. The van der Waals surface area contributed by atoms with Crippen molar-refractivity contribution in [2.75, 3.05) is 11.4 Å². The van der Waals surface area contributed by atoms with Crippen molar-refractivity contribution in [2.45, 2.75) is 38.6 Å². The van der Waals surface area contributed by atoms with Crippen LogP contribution in [-0.2, 0) is 4.79 Å². The smallest absolute Gasteiger partial charge is 0.329 e. The molecule has 0 aliphatic carbocycles. The molecule has 1 saturated heterocycles. The summed E-state index contributed by atoms with van der Waals surface area (Å²) in [6, 6.07) is 7.73. The van der Waals surface area contributed by atoms with Crippen LogP contribution in [0.3, 0.4) is 0 Å². The van der Waals surface area contributed by atoms with E-state index >= 15 is 0 Å². The van der Waals surface area contributed by atoms with Gasteiger partial charge in [-0.05, 0) is 43.9 Å². The number of anilines is 1. The van der Waals surface area contributed by atoms with Gasteiger partial charge in [0, 0.05) is 6.54 Å². The number of nitriles is 1. The van der Waals surface area contributed by atoms with Crippen LogP contribution >= 0.6 is 0 Å². The van der Waals surface area contributed by atoms with E-state index in [-0.39, 0.29) is 0 Å². The first-order valence-electron chi connectivity index (χ1n) is 6.57. The first-order valence-corrected chi connectivity index (χ1v) is 6.57. The van der Waals surface area contributed by atoms with Gasteiger partial charge in [0.25, 0.3) is 0 Å². The summed E-state index contributed by atoms with van der Waals surface area (Å²) in [5.41, 5.74) is 1.48. The molecule has 0 spiro atoms. The Morgan fingerprint density at radius 3 is 2.89 bits per heavy atom. The highest BCUT2D eigenvalue weighted by atomic mass is 16.4. The molecule has 2 rings (SSSR count). The average molecular weight is 258 g/mol. The Morgan fingerprint density at radius 2 is 2.32 bits per heavy atom. The van der Waals surface area contributed by atoms with Crippen LogP contribution in [-0.4, -0.2) is 23.2 Å². The Kier molecular flexibility index (Phi) is 3.48. The van der Waals surface area contributed by atoms with Gasteiger partial charge in [0.05, 0.1) is 11.3 Å². The maximum absolute atomic E-state index is 11.7. The number of carboxylic acids is 1. The topological polar surface area (TPSA) is 64.3 Å². The highest BCUT2D eigenvalue weighted by Gasteiger charge is 2.46. The quantitative estimate of drug-likeness (QED) is 0.905. The summed E-state index contributed by atoms with van der Waals surface area (Å²) >= 11 is 0. The van der Waals surface area contributed by atoms with Gasteiger partial charge in [0.15, 0.2) is 0 Å². The molecule has 1 N–H and O–H groups in total. The highest BCUT2D eigenvalue weighted by molar-refractivity contribution is 5.85. The van der Waals surface area contributed by atoms with Gasteiger partial charge in [0.1, 0.15) is 11.6 Å². The fourth-order valence-electron chi connectivity index (χ4n) is 2.93. The minimum Gasteiger partial charge on any atom is -0.479 e. The maximum atomic E-state index is 11.7. The third-order valence-corrected chi connectivity index (χ3v) is 4.04. The molecule has 0 radical (unpaired) electrons. The molecule has 19 heavy (non-hydrogen) atoms. The zero-order valence-corrected chi connectivity index (χ0v) is 11.3. The van der Waals surface area contributed by atoms with Crippen molar-refractivity contribution in [2.24, 2.45) is 0 Å². The molecule has 0 saturated carbocycles. The third-order valence-electron chi connectivity index (χ3n) is 4.04. The molecule has 0 amide bonds. The van der Waals surface area contributed by atoms with Crippen LogP contribution in [0.5, 0.6) is 0 Å². The van der Waals surface area contributed by atoms with E-state index in [2.05, 4.69) is 6.07 Å². The number of benzene rings is 1. The number of hydrogen-bond donors (Lipinski definition) is 1. The zero-order valence-electron chi connectivity index (χ0n) is 11.3. The number of aliphatic carboxylic acids is 1. The number of nitrogens with zero attached hydrogens (tertiary/aromatic N) is 2. The largest absolute Gasteiger partial charge is 0.479 e. The predicted molar refractivity (Wildman–Crippen MR) is 73.1 cm³/mol. The molecule has 0 aromatic heterocycles. The van der Waals surface area contributed by atoms with Crippen molar-refractivity contribution in [1.29, 1.82) is 5.26 Å². The molecule has 1 heterocycles. The molecule has 1 aromatic rings. The van der Waals surface area contributed by atoms with E-state index < -0.39 is 11.5 Å². The molecule has 0 bridgehead atoms. The molecular weight excluding hydrogens is 240 g/mol. The summed E-state index contributed by atoms with van der Waals surface area (Å²) in [4.78, 5) is 13.6. The van der Waals surface area contributed by atoms with Crippen molar-refractivity contribution < 1.29 is 9.90 Å². The Bertz CT molecular complexity index is 548. The van der Waals surface area contributed by atoms with Crippen LogP contribution in [0.4, 0.5) is 5.69 Å². The van der Waals surface area contributed by atoms with E-state index in [4.69, 9.17) is 0 Å². The summed E-state index contributed by atoms with van der Waals surface area (Å²) in [7, 11) is 0. The van der Waals surface area contributed by atoms with E-state index in [0.29, 0.717) is 24.9 Å². The maximum Gasteiger partial charge on any atom is 0.329 e. The fourth-order valence-corrected chi connectivity index (χ4v) is 2.93. The number of carbonyl (C=O) groups is 1. The van der Waals surface area contributed by atoms with E-state index in [9.17, 15) is 15.2 Å². The minimum absolute atomic E-state index is 0.543. The Balaban J connectivity index is 2.55. The van der Waals surface area contributed by atoms with Gasteiger partial charge in [0.2, 0.25) is 0 Å². The lowest BCUT2D eigenvalue weighted by Crippen LogP contribution is -2.50. The van der Waals surface area contributed by atoms with Crippen LogP contribution in [0.1, 0.15) is 37.3 Å². The van der Waals surface area contributed by atoms with Gasteiger partial charge in [-0.25, -0.2) is 4.79 Å². The number of rotatable bonds is 3. The van der Waals surface area contributed by atoms with Crippen molar-refractivity contribution in [3.05, 3.63) is 29.3 Å². The lowest BCUT2D eigenvalue weighted by Gasteiger charge is -2.36. The van der Waals surface area contributed by atoms with Crippen LogP contribution in [0.25, 0.3) is 0 Å². The van der Waals surface area contributed by atoms with Crippen molar-refractivity contribution in [3.8, 4) is 6.07 Å². The highest BCUT2D eigenvalue weighted by Crippen LogP contribution is 2.38. The second kappa shape index (κ2) is 4.93. The SMILES string of the molecule is CCC1(C(=O)O)CCCN1c1cc(C)ccc1C#N. The number of hydrogen-bond acceptors (Lipinski definition) is 3. The van der Waals surface area contributed by atoms with E-state index in [1.54, 1.807) is 6.07 Å². The van der Waals surface area contributed by atoms with Gasteiger partial charge in [-0.2, -0.15) is 5.26 Å². The molecule has 1 aliphatic heterocycles. The normalized spacial score (nSPS) is 22.3. The van der Waals surface area contributed by atoms with E-state index in [0.717, 1.165) is 17.7 Å². The Hall–Kier alpha value is -2.02. The third kappa shape index (κ3) is 2.06.